The summed E-state index contributed by atoms with van der Waals surface area (Å²) >= 11 is 0. The molecule has 0 saturated carbocycles. The van der Waals surface area contributed by atoms with Crippen molar-refractivity contribution < 1.29 is 38.2 Å². The van der Waals surface area contributed by atoms with E-state index in [4.69, 9.17) is 14.2 Å². The number of esters is 2. The molecule has 8 heteroatoms. The van der Waals surface area contributed by atoms with Crippen LogP contribution in [0.15, 0.2) is 60.8 Å². The molecule has 0 aromatic carbocycles. The van der Waals surface area contributed by atoms with Gasteiger partial charge in [-0.25, -0.2) is 0 Å². The maximum Gasteiger partial charge on any atom is 0.306 e. The highest BCUT2D eigenvalue weighted by molar-refractivity contribution is 5.70. The lowest BCUT2D eigenvalue weighted by Gasteiger charge is -2.34. The highest BCUT2D eigenvalue weighted by Crippen LogP contribution is 2.14. The molecular formula is C51H89NO7. The monoisotopic (exact) mass is 828 g/mol. The van der Waals surface area contributed by atoms with Gasteiger partial charge in [0.15, 0.2) is 6.10 Å². The molecule has 0 heterocycles. The third kappa shape index (κ3) is 40.2. The van der Waals surface area contributed by atoms with E-state index in [0.717, 1.165) is 77.0 Å². The molecule has 0 aliphatic heterocycles. The van der Waals surface area contributed by atoms with Crippen LogP contribution in [0.5, 0.6) is 0 Å². The van der Waals surface area contributed by atoms with Crippen molar-refractivity contribution in [2.24, 2.45) is 0 Å². The van der Waals surface area contributed by atoms with Crippen LogP contribution in [0.2, 0.25) is 0 Å². The van der Waals surface area contributed by atoms with Crippen LogP contribution in [0.3, 0.4) is 0 Å². The summed E-state index contributed by atoms with van der Waals surface area (Å²) in [6, 6.07) is -0.733. The summed E-state index contributed by atoms with van der Waals surface area (Å²) < 4.78 is 17.2. The second-order valence-electron chi connectivity index (χ2n) is 17.0. The van der Waals surface area contributed by atoms with Crippen LogP contribution in [-0.2, 0) is 28.6 Å². The van der Waals surface area contributed by atoms with Gasteiger partial charge in [0.25, 0.3) is 0 Å². The average Bonchev–Trinajstić information content (AvgIpc) is 3.19. The van der Waals surface area contributed by atoms with Crippen molar-refractivity contribution in [1.82, 2.24) is 0 Å². The summed E-state index contributed by atoms with van der Waals surface area (Å²) in [7, 11) is 5.40. The van der Waals surface area contributed by atoms with Crippen LogP contribution >= 0.6 is 0 Å². The van der Waals surface area contributed by atoms with E-state index >= 15 is 0 Å². The van der Waals surface area contributed by atoms with Gasteiger partial charge in [-0.05, 0) is 64.2 Å². The number of rotatable bonds is 42. The molecule has 0 N–H and O–H groups in total. The number of hydrogen-bond acceptors (Lipinski definition) is 7. The first-order chi connectivity index (χ1) is 28.6. The third-order valence-electron chi connectivity index (χ3n) is 10.4. The second-order valence-corrected chi connectivity index (χ2v) is 17.0. The molecule has 2 atom stereocenters. The Morgan fingerprint density at radius 3 is 1.53 bits per heavy atom. The summed E-state index contributed by atoms with van der Waals surface area (Å²) in [5, 5.41) is 11.6. The average molecular weight is 828 g/mol. The predicted octanol–water partition coefficient (Wildman–Crippen LogP) is 12.0. The Morgan fingerprint density at radius 1 is 0.542 bits per heavy atom. The minimum atomic E-state index is -1.13. The van der Waals surface area contributed by atoms with Gasteiger partial charge in [-0.1, -0.05) is 171 Å². The highest BCUT2D eigenvalue weighted by Gasteiger charge is 2.25. The first kappa shape index (κ1) is 56.0. The van der Waals surface area contributed by atoms with Crippen LogP contribution in [0.25, 0.3) is 0 Å². The molecule has 59 heavy (non-hydrogen) atoms. The van der Waals surface area contributed by atoms with Gasteiger partial charge in [0.1, 0.15) is 12.6 Å². The first-order valence-electron chi connectivity index (χ1n) is 23.8. The van der Waals surface area contributed by atoms with Gasteiger partial charge in [0.05, 0.1) is 40.3 Å². The number of carbonyl (C=O) groups is 3. The zero-order chi connectivity index (χ0) is 43.5. The Kier molecular flexibility index (Phi) is 39.6. The fourth-order valence-electron chi connectivity index (χ4n) is 6.75. The van der Waals surface area contributed by atoms with E-state index in [1.165, 1.54) is 83.5 Å². The van der Waals surface area contributed by atoms with E-state index in [2.05, 4.69) is 68.5 Å². The highest BCUT2D eigenvalue weighted by atomic mass is 16.6. The number of carboxylic acids is 1. The summed E-state index contributed by atoms with van der Waals surface area (Å²) in [4.78, 5) is 36.9. The number of ether oxygens (including phenoxy) is 3. The zero-order valence-electron chi connectivity index (χ0n) is 38.7. The number of aliphatic carboxylic acids is 1. The molecule has 0 aromatic heterocycles. The van der Waals surface area contributed by atoms with E-state index in [1.54, 1.807) is 21.1 Å². The van der Waals surface area contributed by atoms with Gasteiger partial charge in [-0.2, -0.15) is 0 Å². The van der Waals surface area contributed by atoms with E-state index in [9.17, 15) is 19.5 Å². The number of allylic oxidation sites excluding steroid dienone is 10. The molecule has 0 aliphatic rings. The topological polar surface area (TPSA) is 102 Å². The summed E-state index contributed by atoms with van der Waals surface area (Å²) in [5.74, 6) is -1.77. The van der Waals surface area contributed by atoms with E-state index in [0.29, 0.717) is 12.8 Å². The summed E-state index contributed by atoms with van der Waals surface area (Å²) in [5.41, 5.74) is 0. The van der Waals surface area contributed by atoms with Crippen LogP contribution in [-0.4, -0.2) is 75.5 Å². The smallest absolute Gasteiger partial charge is 0.306 e. The Bertz CT molecular complexity index is 1150. The molecule has 0 amide bonds. The maximum absolute atomic E-state index is 12.8. The second kappa shape index (κ2) is 41.8. The molecule has 0 aromatic rings. The molecule has 0 radical (unpaired) electrons. The van der Waals surface area contributed by atoms with Gasteiger partial charge in [-0.3, -0.25) is 9.59 Å². The lowest BCUT2D eigenvalue weighted by Crippen LogP contribution is -2.55. The first-order valence-corrected chi connectivity index (χ1v) is 23.8. The molecule has 0 aliphatic carbocycles. The van der Waals surface area contributed by atoms with Gasteiger partial charge in [-0.15, -0.1) is 0 Å². The van der Waals surface area contributed by atoms with Crippen molar-refractivity contribution in [3.63, 3.8) is 0 Å². The Morgan fingerprint density at radius 2 is 1.02 bits per heavy atom. The van der Waals surface area contributed by atoms with E-state index < -0.39 is 18.1 Å². The van der Waals surface area contributed by atoms with Crippen molar-refractivity contribution >= 4 is 17.9 Å². The molecule has 2 unspecified atom stereocenters. The van der Waals surface area contributed by atoms with Gasteiger partial charge in [0, 0.05) is 19.3 Å². The lowest BCUT2D eigenvalue weighted by atomic mass is 10.1. The van der Waals surface area contributed by atoms with Crippen molar-refractivity contribution in [1.29, 1.82) is 0 Å². The number of hydrogen-bond donors (Lipinski definition) is 0. The molecule has 0 saturated heterocycles. The molecule has 0 bridgehead atoms. The van der Waals surface area contributed by atoms with Crippen LogP contribution < -0.4 is 5.11 Å². The van der Waals surface area contributed by atoms with Crippen molar-refractivity contribution in [3.8, 4) is 0 Å². The Labute approximate surface area is 362 Å². The van der Waals surface area contributed by atoms with E-state index in [-0.39, 0.29) is 42.7 Å². The van der Waals surface area contributed by atoms with Crippen molar-refractivity contribution in [2.75, 3.05) is 41.0 Å². The third-order valence-corrected chi connectivity index (χ3v) is 10.4. The molecule has 8 nitrogen and oxygen atoms in total. The summed E-state index contributed by atoms with van der Waals surface area (Å²) in [6.07, 6.45) is 51.1. The fraction of sp³-hybridized carbons (Fsp3) is 0.745. The predicted molar refractivity (Wildman–Crippen MR) is 245 cm³/mol. The lowest BCUT2D eigenvalue weighted by molar-refractivity contribution is -0.889. The number of quaternary nitrogens is 1. The number of likely N-dealkylation sites (N-methyl/N-ethyl adjacent to an activating group) is 1. The quantitative estimate of drug-likeness (QED) is 0.0198. The largest absolute Gasteiger partial charge is 0.544 e. The van der Waals surface area contributed by atoms with Crippen LogP contribution in [0, 0.1) is 0 Å². The van der Waals surface area contributed by atoms with Gasteiger partial charge >= 0.3 is 11.9 Å². The minimum absolute atomic E-state index is 0.0286. The number of nitrogens with zero attached hydrogens (tertiary/aromatic N) is 1. The zero-order valence-corrected chi connectivity index (χ0v) is 38.7. The number of carboxylic acid groups (broad SMARTS) is 1. The van der Waals surface area contributed by atoms with Gasteiger partial charge < -0.3 is 28.6 Å². The number of carbonyl (C=O) groups excluding carboxylic acids is 3. The number of unbranched alkanes of at least 4 members (excludes halogenated alkanes) is 20. The van der Waals surface area contributed by atoms with E-state index in [1.807, 2.05) is 6.08 Å². The Hall–Kier alpha value is -2.97. The molecular weight excluding hydrogens is 739 g/mol. The standard InChI is InChI=1S/C51H89NO7/c1-6-8-10-12-14-16-18-20-21-22-23-24-25-26-27-28-30-32-34-36-38-40-42-50(54)59-47(45-57-44-43-48(51(55)56)52(3,4)5)46-58-49(53)41-39-37-35-33-31-29-19-17-15-13-11-9-7-2/h9,11,13,15,17,19,22-23,25-26,47-48H,6-8,10,12,14,16,18,20-21,24,27-46H2,1-5H3/b11-9+,15-13+,19-17+,23-22+,26-25+. The fourth-order valence-corrected chi connectivity index (χ4v) is 6.75. The molecule has 340 valence electrons. The SMILES string of the molecule is CC/C=C/C=C/C=C/CCCCCCCC(=O)OCC(COCCC(C(=O)[O-])[N+](C)(C)C)OC(=O)CCCCCCCCC/C=C/C/C=C/CCCCCCCCCC. The Balaban J connectivity index is 4.30. The van der Waals surface area contributed by atoms with Crippen LogP contribution in [0.1, 0.15) is 194 Å². The maximum atomic E-state index is 12.8. The summed E-state index contributed by atoms with van der Waals surface area (Å²) in [6.45, 7) is 4.50. The van der Waals surface area contributed by atoms with Crippen LogP contribution in [0.4, 0.5) is 0 Å². The molecule has 0 rings (SSSR count). The van der Waals surface area contributed by atoms with Gasteiger partial charge in [0.2, 0.25) is 0 Å². The van der Waals surface area contributed by atoms with Crippen molar-refractivity contribution in [2.45, 2.75) is 206 Å². The minimum Gasteiger partial charge on any atom is -0.544 e. The molecule has 0 fully saturated rings. The molecule has 0 spiro atoms. The normalized spacial score (nSPS) is 13.4. The van der Waals surface area contributed by atoms with Crippen molar-refractivity contribution in [3.05, 3.63) is 60.8 Å².